The second-order valence-corrected chi connectivity index (χ2v) is 6.36. The Morgan fingerprint density at radius 3 is 2.54 bits per heavy atom. The molecule has 0 aliphatic rings. The molecule has 0 unspecified atom stereocenters. The minimum Gasteiger partial charge on any atom is -0.483 e. The number of benzene rings is 1. The van der Waals surface area contributed by atoms with Crippen LogP contribution in [0.15, 0.2) is 35.3 Å². The molecule has 0 aliphatic heterocycles. The molecule has 2 aromatic rings. The zero-order valence-corrected chi connectivity index (χ0v) is 14.4. The van der Waals surface area contributed by atoms with E-state index in [0.717, 1.165) is 11.3 Å². The summed E-state index contributed by atoms with van der Waals surface area (Å²) in [5, 5.41) is 0. The average Bonchev–Trinajstić information content (AvgIpc) is 2.50. The van der Waals surface area contributed by atoms with Crippen molar-refractivity contribution >= 4 is 11.8 Å². The number of ether oxygens (including phenoxy) is 1. The number of hydrogen-bond acceptors (Lipinski definition) is 3. The van der Waals surface area contributed by atoms with Crippen molar-refractivity contribution in [2.24, 2.45) is 7.05 Å². The lowest BCUT2D eigenvalue weighted by Gasteiger charge is -2.15. The van der Waals surface area contributed by atoms with Crippen LogP contribution < -0.4 is 10.3 Å². The van der Waals surface area contributed by atoms with E-state index in [9.17, 15) is 18.0 Å². The van der Waals surface area contributed by atoms with Crippen molar-refractivity contribution in [2.45, 2.75) is 18.9 Å². The van der Waals surface area contributed by atoms with E-state index >= 15 is 0 Å². The number of hydrogen-bond donors (Lipinski definition) is 0. The molecule has 3 nitrogen and oxygen atoms in total. The lowest BCUT2D eigenvalue weighted by atomic mass is 10.0. The van der Waals surface area contributed by atoms with Gasteiger partial charge in [0.25, 0.3) is 5.56 Å². The summed E-state index contributed by atoms with van der Waals surface area (Å²) in [5.74, 6) is 0.882. The highest BCUT2D eigenvalue weighted by molar-refractivity contribution is 7.97. The highest BCUT2D eigenvalue weighted by Gasteiger charge is 2.29. The van der Waals surface area contributed by atoms with Gasteiger partial charge in [-0.25, -0.2) is 0 Å². The molecule has 1 aromatic heterocycles. The maximum atomic E-state index is 12.5. The van der Waals surface area contributed by atoms with Gasteiger partial charge in [-0.2, -0.15) is 24.9 Å². The lowest BCUT2D eigenvalue weighted by molar-refractivity contribution is -0.153. The van der Waals surface area contributed by atoms with Gasteiger partial charge in [0.1, 0.15) is 5.75 Å². The average molecular weight is 357 g/mol. The summed E-state index contributed by atoms with van der Waals surface area (Å²) >= 11 is 1.61. The van der Waals surface area contributed by atoms with Gasteiger partial charge in [-0.1, -0.05) is 6.07 Å². The second-order valence-electron chi connectivity index (χ2n) is 5.50. The predicted octanol–water partition coefficient (Wildman–Crippen LogP) is 4.16. The summed E-state index contributed by atoms with van der Waals surface area (Å²) < 4.78 is 43.8. The Morgan fingerprint density at radius 1 is 1.25 bits per heavy atom. The Bertz CT molecular complexity index is 758. The third kappa shape index (κ3) is 4.56. The minimum absolute atomic E-state index is 0.142. The maximum Gasteiger partial charge on any atom is 0.422 e. The third-order valence-electron chi connectivity index (χ3n) is 3.42. The summed E-state index contributed by atoms with van der Waals surface area (Å²) in [6.07, 6.45) is -0.854. The van der Waals surface area contributed by atoms with Crippen LogP contribution in [0.1, 0.15) is 11.1 Å². The van der Waals surface area contributed by atoms with Gasteiger partial charge in [0.2, 0.25) is 0 Å². The minimum atomic E-state index is -4.41. The molecule has 0 aliphatic carbocycles. The number of thioether (sulfide) groups is 1. The number of rotatable bonds is 5. The molecule has 0 atom stereocenters. The van der Waals surface area contributed by atoms with Crippen molar-refractivity contribution in [1.82, 2.24) is 4.57 Å². The third-order valence-corrected chi connectivity index (χ3v) is 4.04. The molecule has 130 valence electrons. The molecule has 1 aromatic carbocycles. The lowest BCUT2D eigenvalue weighted by Crippen LogP contribution is -2.20. The first-order valence-electron chi connectivity index (χ1n) is 7.20. The van der Waals surface area contributed by atoms with Crippen molar-refractivity contribution in [1.29, 1.82) is 0 Å². The molecule has 1 heterocycles. The van der Waals surface area contributed by atoms with Crippen molar-refractivity contribution < 1.29 is 17.9 Å². The van der Waals surface area contributed by atoms with Crippen molar-refractivity contribution in [2.75, 3.05) is 12.9 Å². The SMILES string of the molecule is CSCc1ccc(OCC(F)(F)F)c(-c2cc(C)c(=O)n(C)c2)c1. The van der Waals surface area contributed by atoms with Crippen LogP contribution in [0.2, 0.25) is 0 Å². The molecule has 0 saturated heterocycles. The zero-order chi connectivity index (χ0) is 17.9. The first kappa shape index (κ1) is 18.4. The fourth-order valence-corrected chi connectivity index (χ4v) is 2.88. The van der Waals surface area contributed by atoms with E-state index in [2.05, 4.69) is 0 Å². The van der Waals surface area contributed by atoms with Crippen LogP contribution in [-0.2, 0) is 12.8 Å². The quantitative estimate of drug-likeness (QED) is 0.805. The largest absolute Gasteiger partial charge is 0.483 e. The molecule has 0 fully saturated rings. The molecule has 0 radical (unpaired) electrons. The molecule has 7 heteroatoms. The number of nitrogens with zero attached hydrogens (tertiary/aromatic N) is 1. The Balaban J connectivity index is 2.51. The normalized spacial score (nSPS) is 11.6. The summed E-state index contributed by atoms with van der Waals surface area (Å²) in [6, 6.07) is 6.77. The maximum absolute atomic E-state index is 12.5. The van der Waals surface area contributed by atoms with Gasteiger partial charge >= 0.3 is 6.18 Å². The highest BCUT2D eigenvalue weighted by Crippen LogP contribution is 2.33. The van der Waals surface area contributed by atoms with E-state index < -0.39 is 12.8 Å². The van der Waals surface area contributed by atoms with Crippen LogP contribution in [0.5, 0.6) is 5.75 Å². The second kappa shape index (κ2) is 7.34. The Labute approximate surface area is 142 Å². The number of halogens is 3. The molecule has 2 rings (SSSR count). The van der Waals surface area contributed by atoms with Crippen LogP contribution in [0, 0.1) is 6.92 Å². The summed E-state index contributed by atoms with van der Waals surface area (Å²) in [7, 11) is 1.61. The van der Waals surface area contributed by atoms with Gasteiger partial charge in [-0.3, -0.25) is 4.79 Å². The van der Waals surface area contributed by atoms with Crippen LogP contribution in [0.3, 0.4) is 0 Å². The Hall–Kier alpha value is -1.89. The number of pyridine rings is 1. The smallest absolute Gasteiger partial charge is 0.422 e. The predicted molar refractivity (Wildman–Crippen MR) is 90.6 cm³/mol. The van der Waals surface area contributed by atoms with E-state index in [0.29, 0.717) is 16.7 Å². The van der Waals surface area contributed by atoms with E-state index in [4.69, 9.17) is 4.74 Å². The zero-order valence-electron chi connectivity index (χ0n) is 13.6. The van der Waals surface area contributed by atoms with Crippen molar-refractivity contribution in [3.8, 4) is 16.9 Å². The molecule has 0 bridgehead atoms. The standard InChI is InChI=1S/C17H18F3NO2S/c1-11-6-13(8-21(2)16(11)22)14-7-12(9-24-3)4-5-15(14)23-10-17(18,19)20/h4-8H,9-10H2,1-3H3. The van der Waals surface area contributed by atoms with Crippen molar-refractivity contribution in [3.05, 3.63) is 51.9 Å². The Kier molecular flexibility index (Phi) is 5.64. The van der Waals surface area contributed by atoms with Gasteiger partial charge in [-0.15, -0.1) is 0 Å². The molecule has 24 heavy (non-hydrogen) atoms. The summed E-state index contributed by atoms with van der Waals surface area (Å²) in [4.78, 5) is 11.8. The highest BCUT2D eigenvalue weighted by atomic mass is 32.2. The fourth-order valence-electron chi connectivity index (χ4n) is 2.37. The van der Waals surface area contributed by atoms with E-state index in [1.54, 1.807) is 50.1 Å². The molecule has 0 spiro atoms. The van der Waals surface area contributed by atoms with Gasteiger partial charge in [0.05, 0.1) is 0 Å². The van der Waals surface area contributed by atoms with Gasteiger partial charge in [0, 0.05) is 35.7 Å². The van der Waals surface area contributed by atoms with E-state index in [1.165, 1.54) is 4.57 Å². The van der Waals surface area contributed by atoms with Gasteiger partial charge in [-0.05, 0) is 36.9 Å². The first-order chi connectivity index (χ1) is 11.2. The summed E-state index contributed by atoms with van der Waals surface area (Å²) in [5.41, 5.74) is 2.55. The molecule has 0 amide bonds. The number of alkyl halides is 3. The van der Waals surface area contributed by atoms with Crippen LogP contribution in [-0.4, -0.2) is 23.6 Å². The van der Waals surface area contributed by atoms with Crippen molar-refractivity contribution in [3.63, 3.8) is 0 Å². The van der Waals surface area contributed by atoms with E-state index in [1.807, 2.05) is 12.3 Å². The Morgan fingerprint density at radius 2 is 1.96 bits per heavy atom. The van der Waals surface area contributed by atoms with Crippen LogP contribution in [0.25, 0.3) is 11.1 Å². The first-order valence-corrected chi connectivity index (χ1v) is 8.59. The van der Waals surface area contributed by atoms with Gasteiger partial charge in [0.15, 0.2) is 6.61 Å². The number of aromatic nitrogens is 1. The molecule has 0 N–H and O–H groups in total. The number of aryl methyl sites for hydroxylation is 2. The van der Waals surface area contributed by atoms with Crippen LogP contribution in [0.4, 0.5) is 13.2 Å². The van der Waals surface area contributed by atoms with Gasteiger partial charge < -0.3 is 9.30 Å². The van der Waals surface area contributed by atoms with Crippen LogP contribution >= 0.6 is 11.8 Å². The topological polar surface area (TPSA) is 31.2 Å². The molecule has 0 saturated carbocycles. The summed E-state index contributed by atoms with van der Waals surface area (Å²) in [6.45, 7) is 0.320. The fraction of sp³-hybridized carbons (Fsp3) is 0.353. The van der Waals surface area contributed by atoms with E-state index in [-0.39, 0.29) is 11.3 Å². The molecular formula is C17H18F3NO2S. The monoisotopic (exact) mass is 357 g/mol. The molecular weight excluding hydrogens is 339 g/mol.